The number of carbonyl (C=O) groups is 1. The van der Waals surface area contributed by atoms with Crippen LogP contribution in [0.2, 0.25) is 10.0 Å². The van der Waals surface area contributed by atoms with Crippen LogP contribution < -0.4 is 15.4 Å². The van der Waals surface area contributed by atoms with E-state index in [9.17, 15) is 18.0 Å². The Morgan fingerprint density at radius 2 is 1.87 bits per heavy atom. The van der Waals surface area contributed by atoms with E-state index in [1.165, 1.54) is 18.2 Å². The predicted molar refractivity (Wildman–Crippen MR) is 110 cm³/mol. The highest BCUT2D eigenvalue weighted by Gasteiger charge is 2.31. The summed E-state index contributed by atoms with van der Waals surface area (Å²) in [7, 11) is 0. The van der Waals surface area contributed by atoms with Crippen LogP contribution in [0.3, 0.4) is 0 Å². The van der Waals surface area contributed by atoms with Gasteiger partial charge in [-0.15, -0.1) is 13.2 Å². The van der Waals surface area contributed by atoms with Crippen molar-refractivity contribution in [1.82, 2.24) is 9.97 Å². The summed E-state index contributed by atoms with van der Waals surface area (Å²) < 4.78 is 41.6. The second kappa shape index (κ2) is 9.27. The first kappa shape index (κ1) is 22.4. The van der Waals surface area contributed by atoms with Crippen molar-refractivity contribution in [3.05, 3.63) is 58.6 Å². The van der Waals surface area contributed by atoms with Crippen molar-refractivity contribution in [2.45, 2.75) is 6.36 Å². The highest BCUT2D eigenvalue weighted by molar-refractivity contribution is 6.35. The standard InChI is InChI=1S/C19H13Cl2F3N4O3/c20-11-4-5-13(21)15(7-11)26-16-8-14(27-18(28-16)25-9-17(29)30)10-2-1-3-12(6-10)31-19(22,23)24/h1-8H,9H2,(H,29,30)(H2,25,26,27,28). The molecule has 0 fully saturated rings. The smallest absolute Gasteiger partial charge is 0.480 e. The minimum absolute atomic E-state index is 0.0670. The summed E-state index contributed by atoms with van der Waals surface area (Å²) in [4.78, 5) is 19.2. The predicted octanol–water partition coefficient (Wildman–Crippen LogP) is 5.59. The molecular weight excluding hydrogens is 460 g/mol. The Labute approximate surface area is 183 Å². The number of hydrogen-bond donors (Lipinski definition) is 3. The molecule has 12 heteroatoms. The molecule has 3 rings (SSSR count). The van der Waals surface area contributed by atoms with E-state index in [-0.39, 0.29) is 23.0 Å². The number of anilines is 3. The quantitative estimate of drug-likeness (QED) is 0.412. The van der Waals surface area contributed by atoms with Crippen molar-refractivity contribution < 1.29 is 27.8 Å². The first-order chi connectivity index (χ1) is 14.6. The number of halogens is 5. The Kier molecular flexibility index (Phi) is 6.71. The lowest BCUT2D eigenvalue weighted by molar-refractivity contribution is -0.274. The van der Waals surface area contributed by atoms with E-state index >= 15 is 0 Å². The fraction of sp³-hybridized carbons (Fsp3) is 0.105. The molecule has 0 atom stereocenters. The molecule has 0 unspecified atom stereocenters. The van der Waals surface area contributed by atoms with E-state index in [4.69, 9.17) is 28.3 Å². The number of benzene rings is 2. The molecule has 0 saturated heterocycles. The average Bonchev–Trinajstić information content (AvgIpc) is 2.68. The molecule has 2 aromatic carbocycles. The van der Waals surface area contributed by atoms with E-state index in [1.54, 1.807) is 18.2 Å². The summed E-state index contributed by atoms with van der Waals surface area (Å²) >= 11 is 12.1. The second-order valence-electron chi connectivity index (χ2n) is 6.03. The number of nitrogens with zero attached hydrogens (tertiary/aromatic N) is 2. The Morgan fingerprint density at radius 3 is 2.58 bits per heavy atom. The molecule has 0 bridgehead atoms. The Hall–Kier alpha value is -3.24. The molecule has 0 spiro atoms. The number of hydrogen-bond acceptors (Lipinski definition) is 6. The lowest BCUT2D eigenvalue weighted by Crippen LogP contribution is -2.17. The second-order valence-corrected chi connectivity index (χ2v) is 6.88. The van der Waals surface area contributed by atoms with Gasteiger partial charge in [0.25, 0.3) is 0 Å². The van der Waals surface area contributed by atoms with E-state index in [2.05, 4.69) is 25.3 Å². The third kappa shape index (κ3) is 6.63. The van der Waals surface area contributed by atoms with Gasteiger partial charge in [-0.05, 0) is 30.3 Å². The molecule has 3 aromatic rings. The van der Waals surface area contributed by atoms with Crippen molar-refractivity contribution in [3.8, 4) is 17.0 Å². The molecule has 1 aromatic heterocycles. The van der Waals surface area contributed by atoms with Crippen LogP contribution in [-0.4, -0.2) is 34.0 Å². The van der Waals surface area contributed by atoms with E-state index in [0.717, 1.165) is 12.1 Å². The van der Waals surface area contributed by atoms with Crippen molar-refractivity contribution >= 4 is 46.6 Å². The van der Waals surface area contributed by atoms with Gasteiger partial charge in [-0.2, -0.15) is 4.98 Å². The van der Waals surface area contributed by atoms with Gasteiger partial charge in [-0.25, -0.2) is 4.98 Å². The van der Waals surface area contributed by atoms with Crippen molar-refractivity contribution in [2.24, 2.45) is 0 Å². The van der Waals surface area contributed by atoms with Gasteiger partial charge in [0.15, 0.2) is 0 Å². The fourth-order valence-electron chi connectivity index (χ4n) is 2.48. The zero-order valence-corrected chi connectivity index (χ0v) is 16.9. The number of aromatic nitrogens is 2. The molecular formula is C19H13Cl2F3N4O3. The van der Waals surface area contributed by atoms with E-state index in [1.807, 2.05) is 0 Å². The number of carboxylic acids is 1. The van der Waals surface area contributed by atoms with Gasteiger partial charge in [0, 0.05) is 16.7 Å². The molecule has 0 aliphatic heterocycles. The zero-order chi connectivity index (χ0) is 22.6. The summed E-state index contributed by atoms with van der Waals surface area (Å²) in [5.74, 6) is -1.45. The average molecular weight is 473 g/mol. The summed E-state index contributed by atoms with van der Waals surface area (Å²) in [6, 6.07) is 11.3. The molecule has 0 amide bonds. The molecule has 0 aliphatic rings. The molecule has 0 saturated carbocycles. The van der Waals surface area contributed by atoms with Crippen LogP contribution in [0, 0.1) is 0 Å². The van der Waals surface area contributed by atoms with Gasteiger partial charge in [-0.3, -0.25) is 4.79 Å². The molecule has 3 N–H and O–H groups in total. The topological polar surface area (TPSA) is 96.4 Å². The zero-order valence-electron chi connectivity index (χ0n) is 15.4. The lowest BCUT2D eigenvalue weighted by Gasteiger charge is -2.13. The fourth-order valence-corrected chi connectivity index (χ4v) is 2.81. The summed E-state index contributed by atoms with van der Waals surface area (Å²) in [6.07, 6.45) is -4.85. The lowest BCUT2D eigenvalue weighted by atomic mass is 10.1. The monoisotopic (exact) mass is 472 g/mol. The van der Waals surface area contributed by atoms with Gasteiger partial charge in [0.2, 0.25) is 5.95 Å². The van der Waals surface area contributed by atoms with E-state index in [0.29, 0.717) is 15.7 Å². The van der Waals surface area contributed by atoms with Crippen LogP contribution in [0.25, 0.3) is 11.3 Å². The van der Waals surface area contributed by atoms with Gasteiger partial charge in [0.1, 0.15) is 18.1 Å². The van der Waals surface area contributed by atoms with Crippen LogP contribution in [0.1, 0.15) is 0 Å². The number of alkyl halides is 3. The number of nitrogens with one attached hydrogen (secondary N) is 2. The van der Waals surface area contributed by atoms with Crippen LogP contribution in [-0.2, 0) is 4.79 Å². The largest absolute Gasteiger partial charge is 0.573 e. The van der Waals surface area contributed by atoms with Crippen molar-refractivity contribution in [3.63, 3.8) is 0 Å². The first-order valence-electron chi connectivity index (χ1n) is 8.52. The maximum absolute atomic E-state index is 12.5. The normalized spacial score (nSPS) is 11.1. The molecule has 31 heavy (non-hydrogen) atoms. The van der Waals surface area contributed by atoms with Gasteiger partial charge in [-0.1, -0.05) is 35.3 Å². The van der Waals surface area contributed by atoms with Crippen molar-refractivity contribution in [1.29, 1.82) is 0 Å². The number of carboxylic acid groups (broad SMARTS) is 1. The SMILES string of the molecule is O=C(O)CNc1nc(Nc2cc(Cl)ccc2Cl)cc(-c2cccc(OC(F)(F)F)c2)n1. The highest BCUT2D eigenvalue weighted by atomic mass is 35.5. The number of ether oxygens (including phenoxy) is 1. The summed E-state index contributed by atoms with van der Waals surface area (Å²) in [6.45, 7) is -0.474. The van der Waals surface area contributed by atoms with Crippen molar-refractivity contribution in [2.75, 3.05) is 17.2 Å². The van der Waals surface area contributed by atoms with Gasteiger partial charge < -0.3 is 20.5 Å². The Morgan fingerprint density at radius 1 is 1.10 bits per heavy atom. The minimum Gasteiger partial charge on any atom is -0.480 e. The van der Waals surface area contributed by atoms with Crippen LogP contribution >= 0.6 is 23.2 Å². The van der Waals surface area contributed by atoms with Crippen LogP contribution in [0.4, 0.5) is 30.6 Å². The van der Waals surface area contributed by atoms with Crippen LogP contribution in [0.5, 0.6) is 5.75 Å². The minimum atomic E-state index is -4.85. The first-order valence-corrected chi connectivity index (χ1v) is 9.28. The number of aliphatic carboxylic acids is 1. The molecule has 0 radical (unpaired) electrons. The maximum Gasteiger partial charge on any atom is 0.573 e. The van der Waals surface area contributed by atoms with Crippen LogP contribution in [0.15, 0.2) is 48.5 Å². The highest BCUT2D eigenvalue weighted by Crippen LogP contribution is 2.31. The Balaban J connectivity index is 2.00. The summed E-state index contributed by atoms with van der Waals surface area (Å²) in [5, 5.41) is 15.1. The van der Waals surface area contributed by atoms with E-state index < -0.39 is 24.6 Å². The third-order valence-electron chi connectivity index (χ3n) is 3.68. The summed E-state index contributed by atoms with van der Waals surface area (Å²) in [5.41, 5.74) is 0.899. The maximum atomic E-state index is 12.5. The van der Waals surface area contributed by atoms with Gasteiger partial charge in [0.05, 0.1) is 16.4 Å². The number of rotatable bonds is 7. The Bertz CT molecular complexity index is 1110. The molecule has 7 nitrogen and oxygen atoms in total. The molecule has 1 heterocycles. The molecule has 162 valence electrons. The molecule has 0 aliphatic carbocycles. The third-order valence-corrected chi connectivity index (χ3v) is 4.24. The van der Waals surface area contributed by atoms with Gasteiger partial charge >= 0.3 is 12.3 Å².